The number of hydrogen-bond acceptors (Lipinski definition) is 3. The highest BCUT2D eigenvalue weighted by atomic mass is 16.5. The Morgan fingerprint density at radius 1 is 0.871 bits per heavy atom. The van der Waals surface area contributed by atoms with Crippen LogP contribution in [0.3, 0.4) is 0 Å². The molecule has 1 amide bonds. The van der Waals surface area contributed by atoms with Crippen LogP contribution in [0, 0.1) is 0 Å². The number of pyridine rings is 1. The molecule has 0 aliphatic carbocycles. The van der Waals surface area contributed by atoms with Gasteiger partial charge < -0.3 is 9.64 Å². The molecule has 0 aliphatic rings. The topological polar surface area (TPSA) is 42.4 Å². The van der Waals surface area contributed by atoms with Crippen LogP contribution in [0.25, 0.3) is 11.1 Å². The lowest BCUT2D eigenvalue weighted by molar-refractivity contribution is 0.0981. The summed E-state index contributed by atoms with van der Waals surface area (Å²) in [4.78, 5) is 19.7. The van der Waals surface area contributed by atoms with E-state index in [4.69, 9.17) is 4.74 Å². The van der Waals surface area contributed by atoms with Crippen molar-refractivity contribution in [1.82, 2.24) is 4.98 Å². The average molecular weight is 409 g/mol. The molecule has 154 valence electrons. The maximum atomic E-state index is 13.7. The third kappa shape index (κ3) is 4.64. The molecule has 0 saturated carbocycles. The van der Waals surface area contributed by atoms with Gasteiger partial charge in [0.2, 0.25) is 0 Å². The van der Waals surface area contributed by atoms with Gasteiger partial charge in [-0.25, -0.2) is 0 Å². The lowest BCUT2D eigenvalue weighted by atomic mass is 9.99. The van der Waals surface area contributed by atoms with Crippen molar-refractivity contribution in [3.05, 3.63) is 115 Å². The molecule has 0 atom stereocenters. The fraction of sp³-hybridized carbons (Fsp3) is 0.111. The van der Waals surface area contributed by atoms with Crippen LogP contribution in [-0.2, 0) is 6.54 Å². The molecule has 0 spiro atoms. The Hall–Kier alpha value is -3.92. The average Bonchev–Trinajstić information content (AvgIpc) is 2.84. The van der Waals surface area contributed by atoms with Gasteiger partial charge in [-0.2, -0.15) is 0 Å². The fourth-order valence-electron chi connectivity index (χ4n) is 3.59. The number of amides is 1. The number of anilines is 1. The van der Waals surface area contributed by atoms with E-state index in [0.717, 1.165) is 22.4 Å². The quantitative estimate of drug-likeness (QED) is 0.377. The van der Waals surface area contributed by atoms with Crippen LogP contribution in [0.5, 0.6) is 5.75 Å². The highest BCUT2D eigenvalue weighted by molar-refractivity contribution is 6.07. The fourth-order valence-corrected chi connectivity index (χ4v) is 3.59. The number of carbonyl (C=O) groups excluding carboxylic acids is 1. The third-order valence-corrected chi connectivity index (χ3v) is 5.05. The van der Waals surface area contributed by atoms with Crippen molar-refractivity contribution in [1.29, 1.82) is 0 Å². The molecule has 1 heterocycles. The predicted molar refractivity (Wildman–Crippen MR) is 124 cm³/mol. The number of rotatable bonds is 7. The minimum Gasteiger partial charge on any atom is -0.493 e. The van der Waals surface area contributed by atoms with Crippen LogP contribution in [0.4, 0.5) is 5.69 Å². The Morgan fingerprint density at radius 3 is 2.39 bits per heavy atom. The molecule has 0 radical (unpaired) electrons. The van der Waals surface area contributed by atoms with Gasteiger partial charge in [0.1, 0.15) is 5.75 Å². The summed E-state index contributed by atoms with van der Waals surface area (Å²) in [6.45, 7) is 2.82. The molecule has 0 saturated heterocycles. The van der Waals surface area contributed by atoms with E-state index in [1.54, 1.807) is 23.4 Å². The first-order valence-corrected chi connectivity index (χ1v) is 10.3. The van der Waals surface area contributed by atoms with E-state index in [1.165, 1.54) is 0 Å². The lowest BCUT2D eigenvalue weighted by Gasteiger charge is -2.25. The largest absolute Gasteiger partial charge is 0.493 e. The number of carbonyl (C=O) groups is 1. The van der Waals surface area contributed by atoms with Gasteiger partial charge in [-0.05, 0) is 47.9 Å². The molecule has 4 aromatic rings. The summed E-state index contributed by atoms with van der Waals surface area (Å²) in [5.41, 5.74) is 4.54. The highest BCUT2D eigenvalue weighted by Crippen LogP contribution is 2.29. The van der Waals surface area contributed by atoms with Crippen molar-refractivity contribution in [2.24, 2.45) is 0 Å². The van der Waals surface area contributed by atoms with Gasteiger partial charge in [0.05, 0.1) is 30.6 Å². The van der Waals surface area contributed by atoms with E-state index in [2.05, 4.69) is 29.2 Å². The molecule has 0 unspecified atom stereocenters. The Labute approximate surface area is 182 Å². The van der Waals surface area contributed by atoms with Crippen LogP contribution in [0.15, 0.2) is 103 Å². The zero-order valence-electron chi connectivity index (χ0n) is 17.4. The zero-order valence-corrected chi connectivity index (χ0v) is 17.4. The minimum atomic E-state index is -0.125. The van der Waals surface area contributed by atoms with Gasteiger partial charge in [0.25, 0.3) is 5.91 Å². The van der Waals surface area contributed by atoms with Gasteiger partial charge in [0.15, 0.2) is 0 Å². The number of hydrogen-bond donors (Lipinski definition) is 0. The second kappa shape index (κ2) is 9.72. The van der Waals surface area contributed by atoms with E-state index >= 15 is 0 Å². The molecular weight excluding hydrogens is 384 g/mol. The van der Waals surface area contributed by atoms with Crippen molar-refractivity contribution < 1.29 is 9.53 Å². The smallest absolute Gasteiger partial charge is 0.262 e. The summed E-state index contributed by atoms with van der Waals surface area (Å²) in [6.07, 6.45) is 3.42. The van der Waals surface area contributed by atoms with Crippen molar-refractivity contribution in [2.45, 2.75) is 13.5 Å². The molecule has 1 aromatic heterocycles. The third-order valence-electron chi connectivity index (χ3n) is 5.05. The number of nitrogens with zero attached hydrogens (tertiary/aromatic N) is 2. The molecule has 4 rings (SSSR count). The molecule has 0 fully saturated rings. The van der Waals surface area contributed by atoms with Gasteiger partial charge in [0, 0.05) is 6.20 Å². The summed E-state index contributed by atoms with van der Waals surface area (Å²) in [5.74, 6) is 0.458. The minimum absolute atomic E-state index is 0.125. The van der Waals surface area contributed by atoms with Crippen molar-refractivity contribution in [3.63, 3.8) is 0 Å². The zero-order chi connectivity index (χ0) is 21.5. The molecule has 31 heavy (non-hydrogen) atoms. The second-order valence-electron chi connectivity index (χ2n) is 7.05. The number of aromatic nitrogens is 1. The monoisotopic (exact) mass is 408 g/mol. The summed E-state index contributed by atoms with van der Waals surface area (Å²) in [6, 6.07) is 29.5. The molecular formula is C27H24N2O2. The molecule has 0 aliphatic heterocycles. The van der Waals surface area contributed by atoms with Crippen LogP contribution in [0.2, 0.25) is 0 Å². The van der Waals surface area contributed by atoms with Crippen LogP contribution in [-0.4, -0.2) is 17.5 Å². The summed E-state index contributed by atoms with van der Waals surface area (Å²) >= 11 is 0. The Bertz CT molecular complexity index is 1140. The predicted octanol–water partition coefficient (Wildman–Crippen LogP) is 5.99. The maximum Gasteiger partial charge on any atom is 0.262 e. The van der Waals surface area contributed by atoms with Crippen LogP contribution in [0.1, 0.15) is 22.8 Å². The first-order chi connectivity index (χ1) is 15.3. The highest BCUT2D eigenvalue weighted by Gasteiger charge is 2.22. The molecule has 4 heteroatoms. The van der Waals surface area contributed by atoms with Gasteiger partial charge >= 0.3 is 0 Å². The Morgan fingerprint density at radius 2 is 1.61 bits per heavy atom. The molecule has 4 nitrogen and oxygen atoms in total. The first-order valence-electron chi connectivity index (χ1n) is 10.3. The Balaban J connectivity index is 1.76. The summed E-state index contributed by atoms with van der Waals surface area (Å²) in [7, 11) is 0. The second-order valence-corrected chi connectivity index (χ2v) is 7.05. The van der Waals surface area contributed by atoms with Gasteiger partial charge in [-0.1, -0.05) is 66.7 Å². The standard InChI is InChI=1S/C27H24N2O2/c1-2-31-26-17-9-8-16-25(26)27(30)29(23-14-10-18-28-19-23)20-22-13-6-7-15-24(22)21-11-4-3-5-12-21/h3-19H,2,20H2,1H3. The first kappa shape index (κ1) is 20.4. The van der Waals surface area contributed by atoms with E-state index in [0.29, 0.717) is 24.5 Å². The van der Waals surface area contributed by atoms with Crippen molar-refractivity contribution in [3.8, 4) is 16.9 Å². The summed E-state index contributed by atoms with van der Waals surface area (Å²) < 4.78 is 5.72. The number of para-hydroxylation sites is 1. The number of ether oxygens (including phenoxy) is 1. The van der Waals surface area contributed by atoms with Gasteiger partial charge in [-0.15, -0.1) is 0 Å². The van der Waals surface area contributed by atoms with E-state index in [1.807, 2.05) is 67.6 Å². The van der Waals surface area contributed by atoms with E-state index in [-0.39, 0.29) is 5.91 Å². The van der Waals surface area contributed by atoms with Crippen LogP contribution < -0.4 is 9.64 Å². The van der Waals surface area contributed by atoms with Crippen molar-refractivity contribution in [2.75, 3.05) is 11.5 Å². The maximum absolute atomic E-state index is 13.7. The molecule has 3 aromatic carbocycles. The summed E-state index contributed by atoms with van der Waals surface area (Å²) in [5, 5.41) is 0. The molecule has 0 bridgehead atoms. The van der Waals surface area contributed by atoms with E-state index in [9.17, 15) is 4.79 Å². The van der Waals surface area contributed by atoms with E-state index < -0.39 is 0 Å². The Kier molecular flexibility index (Phi) is 6.38. The normalized spacial score (nSPS) is 10.5. The van der Waals surface area contributed by atoms with Crippen LogP contribution >= 0.6 is 0 Å². The van der Waals surface area contributed by atoms with Crippen molar-refractivity contribution >= 4 is 11.6 Å². The van der Waals surface area contributed by atoms with Gasteiger partial charge in [-0.3, -0.25) is 9.78 Å². The molecule has 0 N–H and O–H groups in total. The lowest BCUT2D eigenvalue weighted by Crippen LogP contribution is -2.31. The SMILES string of the molecule is CCOc1ccccc1C(=O)N(Cc1ccccc1-c1ccccc1)c1cccnc1. The number of benzene rings is 3.